The standard InChI is InChI=1S/C12H12N2O3/c13-6-8-1-3-9(4-2-8)14-7-10(15)5-11(14)12(16)17/h1-4,10-11,15H,5,7H2,(H,16,17)/t10-,11+/m0/s1. The molecule has 0 radical (unpaired) electrons. The van der Waals surface area contributed by atoms with Crippen LogP contribution in [0.4, 0.5) is 5.69 Å². The molecular formula is C12H12N2O3. The second-order valence-electron chi connectivity index (χ2n) is 4.05. The second kappa shape index (κ2) is 4.44. The van der Waals surface area contributed by atoms with Gasteiger partial charge in [0.25, 0.3) is 0 Å². The first-order valence-corrected chi connectivity index (χ1v) is 5.29. The first-order valence-electron chi connectivity index (χ1n) is 5.29. The van der Waals surface area contributed by atoms with Crippen molar-refractivity contribution in [1.82, 2.24) is 0 Å². The normalized spacial score (nSPS) is 23.4. The first-order chi connectivity index (χ1) is 8.11. The fraction of sp³-hybridized carbons (Fsp3) is 0.333. The minimum absolute atomic E-state index is 0.231. The molecule has 1 saturated heterocycles. The molecule has 0 amide bonds. The Morgan fingerprint density at radius 2 is 2.06 bits per heavy atom. The molecule has 0 unspecified atom stereocenters. The Morgan fingerprint density at radius 3 is 2.59 bits per heavy atom. The van der Waals surface area contributed by atoms with E-state index in [0.29, 0.717) is 17.8 Å². The van der Waals surface area contributed by atoms with Gasteiger partial charge in [-0.05, 0) is 24.3 Å². The van der Waals surface area contributed by atoms with E-state index in [9.17, 15) is 9.90 Å². The topological polar surface area (TPSA) is 84.6 Å². The summed E-state index contributed by atoms with van der Waals surface area (Å²) < 4.78 is 0. The smallest absolute Gasteiger partial charge is 0.326 e. The van der Waals surface area contributed by atoms with Gasteiger partial charge in [-0.2, -0.15) is 5.26 Å². The third-order valence-electron chi connectivity index (χ3n) is 2.89. The Kier molecular flexibility index (Phi) is 2.98. The molecule has 1 heterocycles. The Morgan fingerprint density at radius 1 is 1.41 bits per heavy atom. The van der Waals surface area contributed by atoms with E-state index in [1.807, 2.05) is 6.07 Å². The van der Waals surface area contributed by atoms with Gasteiger partial charge in [-0.15, -0.1) is 0 Å². The Hall–Kier alpha value is -2.06. The Bertz CT molecular complexity index is 464. The van der Waals surface area contributed by atoms with Crippen LogP contribution in [0.5, 0.6) is 0 Å². The summed E-state index contributed by atoms with van der Waals surface area (Å²) in [5, 5.41) is 27.3. The van der Waals surface area contributed by atoms with E-state index in [4.69, 9.17) is 10.4 Å². The molecule has 5 nitrogen and oxygen atoms in total. The number of β-amino-alcohol motifs (C(OH)–C–C–N with tert-alkyl or cyclic N) is 1. The van der Waals surface area contributed by atoms with Gasteiger partial charge in [0.15, 0.2) is 0 Å². The van der Waals surface area contributed by atoms with E-state index in [1.54, 1.807) is 29.2 Å². The van der Waals surface area contributed by atoms with Crippen LogP contribution in [0, 0.1) is 11.3 Å². The highest BCUT2D eigenvalue weighted by molar-refractivity contribution is 5.79. The quantitative estimate of drug-likeness (QED) is 0.779. The molecule has 1 aromatic rings. The number of hydrogen-bond acceptors (Lipinski definition) is 4. The number of aliphatic hydroxyl groups is 1. The van der Waals surface area contributed by atoms with Crippen molar-refractivity contribution in [1.29, 1.82) is 5.26 Å². The molecule has 0 spiro atoms. The molecule has 1 fully saturated rings. The monoisotopic (exact) mass is 232 g/mol. The number of hydrogen-bond donors (Lipinski definition) is 2. The van der Waals surface area contributed by atoms with Gasteiger partial charge in [-0.1, -0.05) is 0 Å². The van der Waals surface area contributed by atoms with Crippen LogP contribution in [-0.4, -0.2) is 34.9 Å². The van der Waals surface area contributed by atoms with Gasteiger partial charge in [0.2, 0.25) is 0 Å². The molecule has 17 heavy (non-hydrogen) atoms. The molecule has 2 rings (SSSR count). The molecule has 88 valence electrons. The highest BCUT2D eigenvalue weighted by Crippen LogP contribution is 2.26. The number of anilines is 1. The number of aliphatic carboxylic acids is 1. The number of nitrogens with zero attached hydrogens (tertiary/aromatic N) is 2. The van der Waals surface area contributed by atoms with E-state index in [2.05, 4.69) is 0 Å². The summed E-state index contributed by atoms with van der Waals surface area (Å²) in [6.45, 7) is 0.308. The van der Waals surface area contributed by atoms with Crippen molar-refractivity contribution in [3.05, 3.63) is 29.8 Å². The summed E-state index contributed by atoms with van der Waals surface area (Å²) in [7, 11) is 0. The number of carboxylic acid groups (broad SMARTS) is 1. The minimum Gasteiger partial charge on any atom is -0.480 e. The van der Waals surface area contributed by atoms with E-state index >= 15 is 0 Å². The molecule has 1 aliphatic heterocycles. The maximum absolute atomic E-state index is 11.0. The average Bonchev–Trinajstić information content (AvgIpc) is 2.72. The highest BCUT2D eigenvalue weighted by Gasteiger charge is 2.35. The zero-order valence-corrected chi connectivity index (χ0v) is 9.08. The molecular weight excluding hydrogens is 220 g/mol. The molecule has 5 heteroatoms. The summed E-state index contributed by atoms with van der Waals surface area (Å²) in [6, 6.07) is 7.98. The summed E-state index contributed by atoms with van der Waals surface area (Å²) in [5.41, 5.74) is 1.24. The molecule has 0 aliphatic carbocycles. The molecule has 0 bridgehead atoms. The van der Waals surface area contributed by atoms with Crippen LogP contribution in [0.3, 0.4) is 0 Å². The summed E-state index contributed by atoms with van der Waals surface area (Å²) >= 11 is 0. The summed E-state index contributed by atoms with van der Waals surface area (Å²) in [5.74, 6) is -0.939. The fourth-order valence-electron chi connectivity index (χ4n) is 2.06. The van der Waals surface area contributed by atoms with Crippen molar-refractivity contribution in [3.8, 4) is 6.07 Å². The van der Waals surface area contributed by atoms with Crippen molar-refractivity contribution >= 4 is 11.7 Å². The number of nitriles is 1. The predicted octanol–water partition coefficient (Wildman–Crippen LogP) is 0.582. The highest BCUT2D eigenvalue weighted by atomic mass is 16.4. The van der Waals surface area contributed by atoms with Gasteiger partial charge >= 0.3 is 5.97 Å². The van der Waals surface area contributed by atoms with Crippen LogP contribution in [-0.2, 0) is 4.79 Å². The SMILES string of the molecule is N#Cc1ccc(N2C[C@@H](O)C[C@@H]2C(=O)O)cc1. The lowest BCUT2D eigenvalue weighted by atomic mass is 10.2. The van der Waals surface area contributed by atoms with Crippen LogP contribution in [0.25, 0.3) is 0 Å². The fourth-order valence-corrected chi connectivity index (χ4v) is 2.06. The van der Waals surface area contributed by atoms with Crippen LogP contribution < -0.4 is 4.90 Å². The lowest BCUT2D eigenvalue weighted by Gasteiger charge is -2.23. The van der Waals surface area contributed by atoms with Crippen molar-refractivity contribution in [2.45, 2.75) is 18.6 Å². The summed E-state index contributed by atoms with van der Waals surface area (Å²) in [6.07, 6.45) is -0.387. The number of carboxylic acids is 1. The van der Waals surface area contributed by atoms with Crippen molar-refractivity contribution in [2.24, 2.45) is 0 Å². The molecule has 0 aromatic heterocycles. The van der Waals surface area contributed by atoms with Crippen LogP contribution in [0.2, 0.25) is 0 Å². The van der Waals surface area contributed by atoms with Gasteiger partial charge in [0.1, 0.15) is 6.04 Å². The van der Waals surface area contributed by atoms with Gasteiger partial charge in [0, 0.05) is 18.7 Å². The number of aliphatic hydroxyl groups excluding tert-OH is 1. The van der Waals surface area contributed by atoms with Gasteiger partial charge in [-0.25, -0.2) is 4.79 Å². The lowest BCUT2D eigenvalue weighted by molar-refractivity contribution is -0.138. The van der Waals surface area contributed by atoms with Crippen LogP contribution in [0.1, 0.15) is 12.0 Å². The average molecular weight is 232 g/mol. The largest absolute Gasteiger partial charge is 0.480 e. The third kappa shape index (κ3) is 2.22. The molecule has 2 atom stereocenters. The van der Waals surface area contributed by atoms with E-state index in [1.165, 1.54) is 0 Å². The van der Waals surface area contributed by atoms with Crippen molar-refractivity contribution in [3.63, 3.8) is 0 Å². The second-order valence-corrected chi connectivity index (χ2v) is 4.05. The first kappa shape index (κ1) is 11.4. The maximum atomic E-state index is 11.0. The van der Waals surface area contributed by atoms with Gasteiger partial charge in [-0.3, -0.25) is 0 Å². The number of rotatable bonds is 2. The third-order valence-corrected chi connectivity index (χ3v) is 2.89. The zero-order valence-electron chi connectivity index (χ0n) is 9.08. The van der Waals surface area contributed by atoms with Gasteiger partial charge in [0.05, 0.1) is 17.7 Å². The lowest BCUT2D eigenvalue weighted by Crippen LogP contribution is -2.35. The van der Waals surface area contributed by atoms with Gasteiger partial charge < -0.3 is 15.1 Å². The zero-order chi connectivity index (χ0) is 12.4. The number of benzene rings is 1. The maximum Gasteiger partial charge on any atom is 0.326 e. The number of carbonyl (C=O) groups is 1. The van der Waals surface area contributed by atoms with E-state index in [0.717, 1.165) is 0 Å². The molecule has 1 aliphatic rings. The van der Waals surface area contributed by atoms with Crippen LogP contribution >= 0.6 is 0 Å². The molecule has 1 aromatic carbocycles. The van der Waals surface area contributed by atoms with E-state index < -0.39 is 18.1 Å². The summed E-state index contributed by atoms with van der Waals surface area (Å²) in [4.78, 5) is 12.7. The Labute approximate surface area is 98.5 Å². The van der Waals surface area contributed by atoms with Crippen molar-refractivity contribution in [2.75, 3.05) is 11.4 Å². The van der Waals surface area contributed by atoms with E-state index in [-0.39, 0.29) is 6.42 Å². The Balaban J connectivity index is 2.26. The molecule has 0 saturated carbocycles. The van der Waals surface area contributed by atoms with Crippen molar-refractivity contribution < 1.29 is 15.0 Å². The predicted molar refractivity (Wildman–Crippen MR) is 60.6 cm³/mol. The molecule has 2 N–H and O–H groups in total. The van der Waals surface area contributed by atoms with Crippen LogP contribution in [0.15, 0.2) is 24.3 Å². The minimum atomic E-state index is -0.939.